The maximum Gasteiger partial charge on any atom is 0.237 e. The lowest BCUT2D eigenvalue weighted by molar-refractivity contribution is -0.119. The van der Waals surface area contributed by atoms with Crippen molar-refractivity contribution in [1.29, 1.82) is 0 Å². The topological polar surface area (TPSA) is 64.1 Å². The zero-order valence-corrected chi connectivity index (χ0v) is 11.5. The van der Waals surface area contributed by atoms with E-state index in [1.165, 1.54) is 0 Å². The summed E-state index contributed by atoms with van der Waals surface area (Å²) in [6.45, 7) is 3.89. The van der Waals surface area contributed by atoms with Gasteiger partial charge in [0.1, 0.15) is 5.75 Å². The second kappa shape index (κ2) is 6.65. The summed E-state index contributed by atoms with van der Waals surface area (Å²) in [5, 5.41) is 2.86. The van der Waals surface area contributed by atoms with Gasteiger partial charge >= 0.3 is 0 Å². The highest BCUT2D eigenvalue weighted by atomic mass is 16.5. The Morgan fingerprint density at radius 1 is 1.30 bits per heavy atom. The standard InChI is InChI=1S/C15H17N3O2/c1-3-11(2)15(19)18-12-4-6-13(7-5-12)20-14-10-16-8-9-17-14/h4-11H,3H2,1-2H3,(H,18,19)/t11-/m0/s1. The van der Waals surface area contributed by atoms with E-state index in [9.17, 15) is 4.79 Å². The number of hydrogen-bond donors (Lipinski definition) is 1. The summed E-state index contributed by atoms with van der Waals surface area (Å²) in [7, 11) is 0. The van der Waals surface area contributed by atoms with Crippen molar-refractivity contribution in [2.45, 2.75) is 20.3 Å². The summed E-state index contributed by atoms with van der Waals surface area (Å²) in [5.41, 5.74) is 0.752. The first-order chi connectivity index (χ1) is 9.69. The summed E-state index contributed by atoms with van der Waals surface area (Å²) >= 11 is 0. The monoisotopic (exact) mass is 271 g/mol. The number of ether oxygens (including phenoxy) is 1. The molecule has 1 aromatic carbocycles. The quantitative estimate of drug-likeness (QED) is 0.906. The number of aromatic nitrogens is 2. The van der Waals surface area contributed by atoms with Crippen molar-refractivity contribution in [2.75, 3.05) is 5.32 Å². The van der Waals surface area contributed by atoms with Crippen LogP contribution < -0.4 is 10.1 Å². The first-order valence-electron chi connectivity index (χ1n) is 6.54. The Morgan fingerprint density at radius 3 is 2.65 bits per heavy atom. The number of benzene rings is 1. The normalized spacial score (nSPS) is 11.7. The third-order valence-electron chi connectivity index (χ3n) is 2.94. The molecule has 0 aliphatic carbocycles. The molecule has 5 nitrogen and oxygen atoms in total. The van der Waals surface area contributed by atoms with Crippen LogP contribution in [0.3, 0.4) is 0 Å². The van der Waals surface area contributed by atoms with Gasteiger partial charge in [-0.05, 0) is 30.7 Å². The minimum Gasteiger partial charge on any atom is -0.438 e. The number of amides is 1. The molecule has 1 N–H and O–H groups in total. The third kappa shape index (κ3) is 3.78. The van der Waals surface area contributed by atoms with E-state index in [4.69, 9.17) is 4.74 Å². The fourth-order valence-corrected chi connectivity index (χ4v) is 1.52. The highest BCUT2D eigenvalue weighted by Crippen LogP contribution is 2.21. The Labute approximate surface area is 118 Å². The fourth-order valence-electron chi connectivity index (χ4n) is 1.52. The van der Waals surface area contributed by atoms with Gasteiger partial charge in [0.25, 0.3) is 0 Å². The maximum absolute atomic E-state index is 11.8. The third-order valence-corrected chi connectivity index (χ3v) is 2.94. The molecule has 1 amide bonds. The lowest BCUT2D eigenvalue weighted by Crippen LogP contribution is -2.19. The number of rotatable bonds is 5. The van der Waals surface area contributed by atoms with Crippen LogP contribution in [0.1, 0.15) is 20.3 Å². The van der Waals surface area contributed by atoms with Gasteiger partial charge in [-0.3, -0.25) is 9.78 Å². The number of nitrogens with zero attached hydrogens (tertiary/aromatic N) is 2. The summed E-state index contributed by atoms with van der Waals surface area (Å²) in [4.78, 5) is 19.7. The Kier molecular flexibility index (Phi) is 4.65. The van der Waals surface area contributed by atoms with Crippen molar-refractivity contribution < 1.29 is 9.53 Å². The SMILES string of the molecule is CC[C@H](C)C(=O)Nc1ccc(Oc2cnccn2)cc1. The van der Waals surface area contributed by atoms with Gasteiger partial charge in [-0.2, -0.15) is 0 Å². The summed E-state index contributed by atoms with van der Waals surface area (Å²) < 4.78 is 5.52. The Hall–Kier alpha value is -2.43. The predicted octanol–water partition coefficient (Wildman–Crippen LogP) is 3.25. The fraction of sp³-hybridized carbons (Fsp3) is 0.267. The van der Waals surface area contributed by atoms with Crippen LogP contribution in [0.15, 0.2) is 42.9 Å². The van der Waals surface area contributed by atoms with Gasteiger partial charge in [0.05, 0.1) is 6.20 Å². The van der Waals surface area contributed by atoms with Gasteiger partial charge in [0, 0.05) is 24.0 Å². The Bertz CT molecular complexity index is 555. The van der Waals surface area contributed by atoms with Crippen molar-refractivity contribution in [3.05, 3.63) is 42.9 Å². The van der Waals surface area contributed by atoms with E-state index in [1.54, 1.807) is 42.9 Å². The predicted molar refractivity (Wildman–Crippen MR) is 76.6 cm³/mol. The molecule has 0 unspecified atom stereocenters. The molecular formula is C15H17N3O2. The van der Waals surface area contributed by atoms with E-state index in [0.717, 1.165) is 12.1 Å². The molecule has 2 aromatic rings. The number of hydrogen-bond acceptors (Lipinski definition) is 4. The highest BCUT2D eigenvalue weighted by Gasteiger charge is 2.10. The van der Waals surface area contributed by atoms with Gasteiger partial charge in [-0.1, -0.05) is 13.8 Å². The molecule has 0 radical (unpaired) electrons. The molecule has 0 saturated carbocycles. The van der Waals surface area contributed by atoms with E-state index < -0.39 is 0 Å². The van der Waals surface area contributed by atoms with Crippen molar-refractivity contribution in [1.82, 2.24) is 9.97 Å². The van der Waals surface area contributed by atoms with Crippen LogP contribution in [0.25, 0.3) is 0 Å². The van der Waals surface area contributed by atoms with E-state index in [1.807, 2.05) is 13.8 Å². The molecule has 0 aliphatic heterocycles. The van der Waals surface area contributed by atoms with Crippen LogP contribution >= 0.6 is 0 Å². The molecule has 5 heteroatoms. The van der Waals surface area contributed by atoms with Crippen molar-refractivity contribution in [3.63, 3.8) is 0 Å². The van der Waals surface area contributed by atoms with Crippen molar-refractivity contribution >= 4 is 11.6 Å². The summed E-state index contributed by atoms with van der Waals surface area (Å²) in [6, 6.07) is 7.15. The Morgan fingerprint density at radius 2 is 2.05 bits per heavy atom. The first kappa shape index (κ1) is 14.0. The molecule has 104 valence electrons. The number of carbonyl (C=O) groups excluding carboxylic acids is 1. The molecule has 2 rings (SSSR count). The van der Waals surface area contributed by atoms with Gasteiger partial charge in [0.15, 0.2) is 0 Å². The number of anilines is 1. The maximum atomic E-state index is 11.8. The lowest BCUT2D eigenvalue weighted by atomic mass is 10.1. The molecule has 0 aliphatic rings. The second-order valence-electron chi connectivity index (χ2n) is 4.47. The summed E-state index contributed by atoms with van der Waals surface area (Å²) in [5.74, 6) is 1.11. The minimum atomic E-state index is 0.00511. The molecule has 1 aromatic heterocycles. The van der Waals surface area contributed by atoms with Crippen LogP contribution in [0, 0.1) is 5.92 Å². The molecule has 0 fully saturated rings. The van der Waals surface area contributed by atoms with E-state index in [-0.39, 0.29) is 11.8 Å². The molecule has 1 heterocycles. The largest absolute Gasteiger partial charge is 0.438 e. The Balaban J connectivity index is 1.98. The van der Waals surface area contributed by atoms with Gasteiger partial charge < -0.3 is 10.1 Å². The average Bonchev–Trinajstić information content (AvgIpc) is 2.49. The zero-order chi connectivity index (χ0) is 14.4. The van der Waals surface area contributed by atoms with Crippen LogP contribution in [-0.2, 0) is 4.79 Å². The van der Waals surface area contributed by atoms with E-state index >= 15 is 0 Å². The average molecular weight is 271 g/mol. The first-order valence-corrected chi connectivity index (χ1v) is 6.54. The zero-order valence-electron chi connectivity index (χ0n) is 11.5. The van der Waals surface area contributed by atoms with E-state index in [0.29, 0.717) is 11.6 Å². The van der Waals surface area contributed by atoms with Gasteiger partial charge in [0.2, 0.25) is 11.8 Å². The van der Waals surface area contributed by atoms with Crippen LogP contribution in [0.5, 0.6) is 11.6 Å². The van der Waals surface area contributed by atoms with Crippen molar-refractivity contribution in [3.8, 4) is 11.6 Å². The smallest absolute Gasteiger partial charge is 0.237 e. The lowest BCUT2D eigenvalue weighted by Gasteiger charge is -2.10. The van der Waals surface area contributed by atoms with Crippen LogP contribution in [0.2, 0.25) is 0 Å². The summed E-state index contributed by atoms with van der Waals surface area (Å²) in [6.07, 6.45) is 5.51. The molecule has 0 saturated heterocycles. The van der Waals surface area contributed by atoms with Crippen LogP contribution in [-0.4, -0.2) is 15.9 Å². The second-order valence-corrected chi connectivity index (χ2v) is 4.47. The highest BCUT2D eigenvalue weighted by molar-refractivity contribution is 5.92. The molecule has 20 heavy (non-hydrogen) atoms. The van der Waals surface area contributed by atoms with Gasteiger partial charge in [-0.15, -0.1) is 0 Å². The molecule has 0 spiro atoms. The van der Waals surface area contributed by atoms with Crippen molar-refractivity contribution in [2.24, 2.45) is 5.92 Å². The van der Waals surface area contributed by atoms with Gasteiger partial charge in [-0.25, -0.2) is 4.98 Å². The number of nitrogens with one attached hydrogen (secondary N) is 1. The number of carbonyl (C=O) groups is 1. The molecule has 1 atom stereocenters. The minimum absolute atomic E-state index is 0.00511. The molecule has 0 bridgehead atoms. The van der Waals surface area contributed by atoms with Crippen LogP contribution in [0.4, 0.5) is 5.69 Å². The van der Waals surface area contributed by atoms with E-state index in [2.05, 4.69) is 15.3 Å². The molecular weight excluding hydrogens is 254 g/mol.